The monoisotopic (exact) mass is 527 g/mol. The smallest absolute Gasteiger partial charge is 0.161 e. The number of fused-ring (bicyclic) bond motifs is 2. The van der Waals surface area contributed by atoms with Crippen molar-refractivity contribution in [3.05, 3.63) is 59.5 Å². The van der Waals surface area contributed by atoms with Crippen LogP contribution >= 0.6 is 22.9 Å². The van der Waals surface area contributed by atoms with E-state index in [1.165, 1.54) is 30.6 Å². The first-order valence-electron chi connectivity index (χ1n) is 12.3. The third-order valence-electron chi connectivity index (χ3n) is 6.73. The Labute approximate surface area is 221 Å². The highest BCUT2D eigenvalue weighted by Crippen LogP contribution is 2.36. The zero-order valence-electron chi connectivity index (χ0n) is 19.7. The second-order valence-electron chi connectivity index (χ2n) is 9.22. The number of ether oxygens (including phenoxy) is 1. The molecule has 1 aliphatic carbocycles. The minimum absolute atomic E-state index is 0.263. The van der Waals surface area contributed by atoms with Crippen LogP contribution in [0.3, 0.4) is 0 Å². The molecule has 0 spiro atoms. The Balaban J connectivity index is 1.26. The Morgan fingerprint density at radius 3 is 2.65 bits per heavy atom. The predicted octanol–water partition coefficient (Wildman–Crippen LogP) is 7.05. The predicted molar refractivity (Wildman–Crippen MR) is 146 cm³/mol. The topological polar surface area (TPSA) is 105 Å². The van der Waals surface area contributed by atoms with Gasteiger partial charge in [0.05, 0.1) is 39.6 Å². The number of hydrogen-bond acceptors (Lipinski definition) is 7. The SMILES string of the molecule is Clc1ccc(-c2cncc3[nH]c(-c4n[nH]c5ccc(-c6cncc(OC7CCCCC7)c6)nc45)nc23)s1. The zero-order valence-corrected chi connectivity index (χ0v) is 21.3. The molecular weight excluding hydrogens is 506 g/mol. The lowest BCUT2D eigenvalue weighted by Gasteiger charge is -2.22. The van der Waals surface area contributed by atoms with E-state index in [1.54, 1.807) is 12.4 Å². The zero-order chi connectivity index (χ0) is 24.8. The van der Waals surface area contributed by atoms with Gasteiger partial charge in [0.1, 0.15) is 16.8 Å². The van der Waals surface area contributed by atoms with Crippen molar-refractivity contribution in [2.24, 2.45) is 0 Å². The Bertz CT molecular complexity index is 1730. The quantitative estimate of drug-likeness (QED) is 0.249. The number of nitrogens with one attached hydrogen (secondary N) is 2. The molecule has 0 saturated heterocycles. The summed E-state index contributed by atoms with van der Waals surface area (Å²) >= 11 is 7.67. The van der Waals surface area contributed by atoms with Crippen LogP contribution < -0.4 is 4.74 Å². The number of imidazole rings is 1. The maximum Gasteiger partial charge on any atom is 0.161 e. The average molecular weight is 528 g/mol. The van der Waals surface area contributed by atoms with Crippen LogP contribution in [0.4, 0.5) is 0 Å². The van der Waals surface area contributed by atoms with Gasteiger partial charge >= 0.3 is 0 Å². The summed E-state index contributed by atoms with van der Waals surface area (Å²) in [5.74, 6) is 1.40. The fourth-order valence-corrected chi connectivity index (χ4v) is 5.96. The average Bonchev–Trinajstić information content (AvgIpc) is 3.66. The summed E-state index contributed by atoms with van der Waals surface area (Å²) in [6.07, 6.45) is 13.4. The van der Waals surface area contributed by atoms with Crippen LogP contribution in [0.2, 0.25) is 4.34 Å². The molecule has 1 fully saturated rings. The van der Waals surface area contributed by atoms with Crippen LogP contribution in [0.15, 0.2) is 55.1 Å². The van der Waals surface area contributed by atoms with Gasteiger partial charge < -0.3 is 9.72 Å². The third-order valence-corrected chi connectivity index (χ3v) is 7.99. The molecule has 0 unspecified atom stereocenters. The van der Waals surface area contributed by atoms with E-state index in [0.717, 1.165) is 66.7 Å². The highest BCUT2D eigenvalue weighted by molar-refractivity contribution is 7.19. The van der Waals surface area contributed by atoms with Gasteiger partial charge in [-0.2, -0.15) is 5.10 Å². The normalized spacial score (nSPS) is 14.5. The number of hydrogen-bond donors (Lipinski definition) is 2. The molecule has 2 N–H and O–H groups in total. The van der Waals surface area contributed by atoms with Gasteiger partial charge in [-0.1, -0.05) is 18.0 Å². The lowest BCUT2D eigenvalue weighted by Crippen LogP contribution is -2.19. The molecule has 10 heteroatoms. The van der Waals surface area contributed by atoms with Crippen LogP contribution in [0, 0.1) is 0 Å². The summed E-state index contributed by atoms with van der Waals surface area (Å²) in [6, 6.07) is 9.82. The summed E-state index contributed by atoms with van der Waals surface area (Å²) in [5, 5.41) is 7.62. The summed E-state index contributed by atoms with van der Waals surface area (Å²) in [4.78, 5) is 23.0. The molecule has 6 heterocycles. The largest absolute Gasteiger partial charge is 0.489 e. The van der Waals surface area contributed by atoms with Crippen LogP contribution in [-0.2, 0) is 0 Å². The van der Waals surface area contributed by atoms with Crippen LogP contribution in [0.5, 0.6) is 5.75 Å². The molecule has 0 atom stereocenters. The summed E-state index contributed by atoms with van der Waals surface area (Å²) in [7, 11) is 0. The fraction of sp³-hybridized carbons (Fsp3) is 0.222. The molecule has 0 bridgehead atoms. The van der Waals surface area contributed by atoms with Crippen molar-refractivity contribution in [2.45, 2.75) is 38.2 Å². The molecule has 37 heavy (non-hydrogen) atoms. The van der Waals surface area contributed by atoms with E-state index in [-0.39, 0.29) is 6.10 Å². The minimum Gasteiger partial charge on any atom is -0.489 e. The number of rotatable bonds is 5. The van der Waals surface area contributed by atoms with E-state index in [1.807, 2.05) is 42.7 Å². The van der Waals surface area contributed by atoms with Gasteiger partial charge in [-0.25, -0.2) is 9.97 Å². The number of H-pyrrole nitrogens is 2. The van der Waals surface area contributed by atoms with Gasteiger partial charge in [-0.05, 0) is 56.0 Å². The first kappa shape index (κ1) is 22.4. The maximum atomic E-state index is 6.23. The van der Waals surface area contributed by atoms with Crippen molar-refractivity contribution in [1.29, 1.82) is 0 Å². The van der Waals surface area contributed by atoms with Crippen molar-refractivity contribution in [3.63, 3.8) is 0 Å². The molecule has 184 valence electrons. The second-order valence-corrected chi connectivity index (χ2v) is 10.9. The molecule has 7 rings (SSSR count). The molecule has 0 aliphatic heterocycles. The molecule has 0 radical (unpaired) electrons. The standard InChI is InChI=1S/C27H22ClN7OS/c28-23-9-8-22(37-23)18-13-30-14-21-24(18)33-27(32-21)26-25-20(34-35-26)7-6-19(31-25)15-10-17(12-29-11-15)36-16-4-2-1-3-5-16/h6-14,16H,1-5H2,(H,32,33)(H,34,35). The van der Waals surface area contributed by atoms with Gasteiger partial charge in [0.15, 0.2) is 11.5 Å². The van der Waals surface area contributed by atoms with Crippen molar-refractivity contribution in [1.82, 2.24) is 35.1 Å². The van der Waals surface area contributed by atoms with Crippen molar-refractivity contribution in [2.75, 3.05) is 0 Å². The van der Waals surface area contributed by atoms with Gasteiger partial charge in [0.25, 0.3) is 0 Å². The van der Waals surface area contributed by atoms with Crippen molar-refractivity contribution in [3.8, 4) is 39.0 Å². The number of thiophene rings is 1. The molecule has 0 aromatic carbocycles. The second kappa shape index (κ2) is 9.24. The number of nitrogens with zero attached hydrogens (tertiary/aromatic N) is 5. The van der Waals surface area contributed by atoms with Gasteiger partial charge in [0.2, 0.25) is 0 Å². The van der Waals surface area contributed by atoms with Gasteiger partial charge in [-0.3, -0.25) is 15.1 Å². The Kier molecular flexibility index (Phi) is 5.59. The number of aromatic nitrogens is 7. The van der Waals surface area contributed by atoms with Crippen LogP contribution in [0.25, 0.3) is 55.3 Å². The van der Waals surface area contributed by atoms with E-state index in [9.17, 15) is 0 Å². The summed E-state index contributed by atoms with van der Waals surface area (Å²) < 4.78 is 6.95. The van der Waals surface area contributed by atoms with Crippen LogP contribution in [0.1, 0.15) is 32.1 Å². The van der Waals surface area contributed by atoms with Crippen molar-refractivity contribution >= 4 is 45.0 Å². The highest BCUT2D eigenvalue weighted by atomic mass is 35.5. The maximum absolute atomic E-state index is 6.23. The Hall–Kier alpha value is -3.82. The molecule has 1 aliphatic rings. The van der Waals surface area contributed by atoms with Crippen molar-refractivity contribution < 1.29 is 4.74 Å². The first-order valence-corrected chi connectivity index (χ1v) is 13.5. The lowest BCUT2D eigenvalue weighted by atomic mass is 9.98. The highest BCUT2D eigenvalue weighted by Gasteiger charge is 2.19. The number of pyridine rings is 3. The summed E-state index contributed by atoms with van der Waals surface area (Å²) in [5.41, 5.74) is 6.44. The third kappa shape index (κ3) is 4.24. The van der Waals surface area contributed by atoms with E-state index < -0.39 is 0 Å². The number of halogens is 1. The lowest BCUT2D eigenvalue weighted by molar-refractivity contribution is 0.154. The summed E-state index contributed by atoms with van der Waals surface area (Å²) in [6.45, 7) is 0. The molecule has 8 nitrogen and oxygen atoms in total. The van der Waals surface area contributed by atoms with E-state index in [0.29, 0.717) is 11.5 Å². The first-order chi connectivity index (χ1) is 18.2. The van der Waals surface area contributed by atoms with E-state index >= 15 is 0 Å². The molecule has 1 saturated carbocycles. The Morgan fingerprint density at radius 1 is 0.892 bits per heavy atom. The molecule has 0 amide bonds. The number of aromatic amines is 2. The molecular formula is C27H22ClN7OS. The van der Waals surface area contributed by atoms with Gasteiger partial charge in [0, 0.05) is 28.4 Å². The van der Waals surface area contributed by atoms with Crippen LogP contribution in [-0.4, -0.2) is 41.2 Å². The molecule has 6 aromatic heterocycles. The molecule has 6 aromatic rings. The minimum atomic E-state index is 0.263. The fourth-order valence-electron chi connectivity index (χ4n) is 4.91. The van der Waals surface area contributed by atoms with Gasteiger partial charge in [-0.15, -0.1) is 11.3 Å². The van der Waals surface area contributed by atoms with E-state index in [4.69, 9.17) is 26.3 Å². The Morgan fingerprint density at radius 2 is 1.78 bits per heavy atom. The van der Waals surface area contributed by atoms with E-state index in [2.05, 4.69) is 25.1 Å².